The average molecular weight is 231 g/mol. The maximum Gasteiger partial charge on any atom is 0.239 e. The van der Waals surface area contributed by atoms with Gasteiger partial charge >= 0.3 is 0 Å². The van der Waals surface area contributed by atoms with E-state index in [1.54, 1.807) is 7.11 Å². The molecule has 0 bridgehead atoms. The first-order valence-electron chi connectivity index (χ1n) is 5.43. The first kappa shape index (κ1) is 14.9. The molecule has 6 heteroatoms. The summed E-state index contributed by atoms with van der Waals surface area (Å²) in [4.78, 5) is 22.3. The minimum atomic E-state index is -0.208. The molecule has 0 saturated heterocycles. The highest BCUT2D eigenvalue weighted by molar-refractivity contribution is 5.85. The summed E-state index contributed by atoms with van der Waals surface area (Å²) >= 11 is 0. The number of carbonyl (C=O) groups excluding carboxylic acids is 2. The first-order valence-corrected chi connectivity index (χ1v) is 5.43. The fraction of sp³-hybridized carbons (Fsp3) is 0.800. The summed E-state index contributed by atoms with van der Waals surface area (Å²) in [6.07, 6.45) is 0.977. The second kappa shape index (κ2) is 10.4. The van der Waals surface area contributed by atoms with Crippen LogP contribution in [-0.2, 0) is 14.3 Å². The van der Waals surface area contributed by atoms with Crippen LogP contribution in [0.5, 0.6) is 0 Å². The molecule has 0 fully saturated rings. The predicted molar refractivity (Wildman–Crippen MR) is 61.1 cm³/mol. The Hall–Kier alpha value is -1.14. The summed E-state index contributed by atoms with van der Waals surface area (Å²) in [6, 6.07) is 0. The molecule has 0 aliphatic carbocycles. The quantitative estimate of drug-likeness (QED) is 0.438. The molecule has 2 amide bonds. The monoisotopic (exact) mass is 231 g/mol. The lowest BCUT2D eigenvalue weighted by atomic mass is 10.4. The minimum Gasteiger partial charge on any atom is -0.383 e. The lowest BCUT2D eigenvalue weighted by molar-refractivity contribution is -0.125. The van der Waals surface area contributed by atoms with Crippen LogP contribution in [0.3, 0.4) is 0 Å². The number of rotatable bonds is 9. The van der Waals surface area contributed by atoms with Crippen molar-refractivity contribution >= 4 is 11.8 Å². The Morgan fingerprint density at radius 1 is 1.06 bits per heavy atom. The Kier molecular flexibility index (Phi) is 9.64. The van der Waals surface area contributed by atoms with E-state index in [0.717, 1.165) is 13.0 Å². The summed E-state index contributed by atoms with van der Waals surface area (Å²) < 4.78 is 4.77. The van der Waals surface area contributed by atoms with Crippen LogP contribution in [0.25, 0.3) is 0 Å². The number of ether oxygens (including phenoxy) is 1. The SMILES string of the molecule is CCCNCC(=O)NCC(=O)NCCOC. The summed E-state index contributed by atoms with van der Waals surface area (Å²) in [5.41, 5.74) is 0. The van der Waals surface area contributed by atoms with Crippen molar-refractivity contribution in [3.8, 4) is 0 Å². The van der Waals surface area contributed by atoms with E-state index in [1.165, 1.54) is 0 Å². The van der Waals surface area contributed by atoms with Crippen LogP contribution in [0.15, 0.2) is 0 Å². The van der Waals surface area contributed by atoms with E-state index < -0.39 is 0 Å². The summed E-state index contributed by atoms with van der Waals surface area (Å²) in [5, 5.41) is 8.07. The molecule has 0 atom stereocenters. The van der Waals surface area contributed by atoms with Crippen LogP contribution in [0.4, 0.5) is 0 Å². The van der Waals surface area contributed by atoms with Crippen molar-refractivity contribution in [1.82, 2.24) is 16.0 Å². The summed E-state index contributed by atoms with van der Waals surface area (Å²) in [7, 11) is 1.56. The molecule has 0 aromatic rings. The molecule has 0 saturated carbocycles. The molecule has 16 heavy (non-hydrogen) atoms. The molecule has 0 unspecified atom stereocenters. The van der Waals surface area contributed by atoms with Gasteiger partial charge in [0.1, 0.15) is 0 Å². The average Bonchev–Trinajstić information content (AvgIpc) is 2.27. The van der Waals surface area contributed by atoms with Gasteiger partial charge in [0, 0.05) is 13.7 Å². The van der Waals surface area contributed by atoms with Crippen molar-refractivity contribution in [1.29, 1.82) is 0 Å². The van der Waals surface area contributed by atoms with Crippen molar-refractivity contribution in [2.75, 3.05) is 39.9 Å². The molecule has 0 aromatic carbocycles. The van der Waals surface area contributed by atoms with Gasteiger partial charge in [-0.25, -0.2) is 0 Å². The number of methoxy groups -OCH3 is 1. The Balaban J connectivity index is 3.40. The predicted octanol–water partition coefficient (Wildman–Crippen LogP) is -1.14. The second-order valence-corrected chi connectivity index (χ2v) is 3.30. The van der Waals surface area contributed by atoms with Gasteiger partial charge in [0.15, 0.2) is 0 Å². The lowest BCUT2D eigenvalue weighted by Crippen LogP contribution is -2.41. The van der Waals surface area contributed by atoms with E-state index in [9.17, 15) is 9.59 Å². The third-order valence-electron chi connectivity index (χ3n) is 1.79. The van der Waals surface area contributed by atoms with E-state index in [2.05, 4.69) is 16.0 Å². The van der Waals surface area contributed by atoms with Gasteiger partial charge in [-0.05, 0) is 13.0 Å². The van der Waals surface area contributed by atoms with E-state index >= 15 is 0 Å². The Bertz CT molecular complexity index is 187. The topological polar surface area (TPSA) is 79.5 Å². The highest BCUT2D eigenvalue weighted by Crippen LogP contribution is 1.71. The molecule has 0 heterocycles. The molecule has 0 aliphatic heterocycles. The van der Waals surface area contributed by atoms with Crippen LogP contribution in [-0.4, -0.2) is 51.7 Å². The minimum absolute atomic E-state index is 0.0103. The van der Waals surface area contributed by atoms with Gasteiger partial charge in [0.05, 0.1) is 19.7 Å². The molecule has 3 N–H and O–H groups in total. The highest BCUT2D eigenvalue weighted by Gasteiger charge is 2.03. The zero-order valence-corrected chi connectivity index (χ0v) is 9.97. The van der Waals surface area contributed by atoms with Crippen LogP contribution < -0.4 is 16.0 Å². The largest absolute Gasteiger partial charge is 0.383 e. The molecule has 0 aliphatic rings. The Morgan fingerprint density at radius 2 is 1.75 bits per heavy atom. The second-order valence-electron chi connectivity index (χ2n) is 3.30. The van der Waals surface area contributed by atoms with E-state index in [1.807, 2.05) is 6.92 Å². The van der Waals surface area contributed by atoms with Gasteiger partial charge in [-0.3, -0.25) is 9.59 Å². The van der Waals surface area contributed by atoms with Crippen LogP contribution in [0.1, 0.15) is 13.3 Å². The van der Waals surface area contributed by atoms with Crippen LogP contribution in [0.2, 0.25) is 0 Å². The van der Waals surface area contributed by atoms with Crippen molar-refractivity contribution in [3.05, 3.63) is 0 Å². The van der Waals surface area contributed by atoms with E-state index in [0.29, 0.717) is 13.2 Å². The van der Waals surface area contributed by atoms with E-state index in [-0.39, 0.29) is 24.9 Å². The molecule has 0 aromatic heterocycles. The molecule has 0 rings (SSSR count). The van der Waals surface area contributed by atoms with Gasteiger partial charge in [-0.15, -0.1) is 0 Å². The third-order valence-corrected chi connectivity index (χ3v) is 1.79. The van der Waals surface area contributed by atoms with Crippen molar-refractivity contribution in [2.45, 2.75) is 13.3 Å². The molecular formula is C10H21N3O3. The molecule has 0 radical (unpaired) electrons. The number of hydrogen-bond acceptors (Lipinski definition) is 4. The maximum absolute atomic E-state index is 11.2. The van der Waals surface area contributed by atoms with Gasteiger partial charge in [-0.1, -0.05) is 6.92 Å². The van der Waals surface area contributed by atoms with E-state index in [4.69, 9.17) is 4.74 Å². The zero-order valence-electron chi connectivity index (χ0n) is 9.97. The first-order chi connectivity index (χ1) is 7.70. The zero-order chi connectivity index (χ0) is 12.2. The van der Waals surface area contributed by atoms with Crippen molar-refractivity contribution in [3.63, 3.8) is 0 Å². The molecule has 94 valence electrons. The Morgan fingerprint density at radius 3 is 2.38 bits per heavy atom. The number of amides is 2. The Labute approximate surface area is 96.1 Å². The molecule has 6 nitrogen and oxygen atoms in total. The summed E-state index contributed by atoms with van der Waals surface area (Å²) in [6.45, 7) is 4.01. The van der Waals surface area contributed by atoms with Crippen molar-refractivity contribution in [2.24, 2.45) is 0 Å². The van der Waals surface area contributed by atoms with Crippen LogP contribution in [0, 0.1) is 0 Å². The van der Waals surface area contributed by atoms with Crippen molar-refractivity contribution < 1.29 is 14.3 Å². The molecular weight excluding hydrogens is 210 g/mol. The maximum atomic E-state index is 11.2. The number of nitrogens with one attached hydrogen (secondary N) is 3. The lowest BCUT2D eigenvalue weighted by Gasteiger charge is -2.06. The van der Waals surface area contributed by atoms with Gasteiger partial charge in [-0.2, -0.15) is 0 Å². The third kappa shape index (κ3) is 9.42. The normalized spacial score (nSPS) is 9.88. The number of hydrogen-bond donors (Lipinski definition) is 3. The molecule has 0 spiro atoms. The standard InChI is InChI=1S/C10H21N3O3/c1-3-4-11-7-9(14)13-8-10(15)12-5-6-16-2/h11H,3-8H2,1-2H3,(H,12,15)(H,13,14). The highest BCUT2D eigenvalue weighted by atomic mass is 16.5. The smallest absolute Gasteiger partial charge is 0.239 e. The van der Waals surface area contributed by atoms with Gasteiger partial charge < -0.3 is 20.7 Å². The fourth-order valence-corrected chi connectivity index (χ4v) is 0.975. The van der Waals surface area contributed by atoms with Gasteiger partial charge in [0.2, 0.25) is 11.8 Å². The summed E-state index contributed by atoms with van der Waals surface area (Å²) in [5.74, 6) is -0.378. The number of carbonyl (C=O) groups is 2. The van der Waals surface area contributed by atoms with Crippen LogP contribution >= 0.6 is 0 Å². The fourth-order valence-electron chi connectivity index (χ4n) is 0.975. The van der Waals surface area contributed by atoms with Gasteiger partial charge in [0.25, 0.3) is 0 Å².